The van der Waals surface area contributed by atoms with E-state index in [1.165, 1.54) is 13.2 Å². The number of hydrogen-bond acceptors (Lipinski definition) is 3. The largest absolute Gasteiger partial charge is 0.509 e. The van der Waals surface area contributed by atoms with Crippen LogP contribution in [0.3, 0.4) is 0 Å². The molecule has 0 aliphatic carbocycles. The molecule has 0 heterocycles. The summed E-state index contributed by atoms with van der Waals surface area (Å²) in [6.45, 7) is 7.09. The minimum atomic E-state index is -0.457. The van der Waals surface area contributed by atoms with Crippen LogP contribution in [0.1, 0.15) is 27.7 Å². The van der Waals surface area contributed by atoms with E-state index in [4.69, 9.17) is 4.74 Å². The van der Waals surface area contributed by atoms with Gasteiger partial charge in [-0.25, -0.2) is 0 Å². The summed E-state index contributed by atoms with van der Waals surface area (Å²) < 4.78 is 4.85. The number of allylic oxidation sites excluding steroid dienone is 1. The number of ether oxygens (including phenoxy) is 1. The zero-order chi connectivity index (χ0) is 10.6. The van der Waals surface area contributed by atoms with E-state index in [2.05, 4.69) is 0 Å². The molecule has 0 aromatic rings. The normalized spacial score (nSPS) is 14.5. The fraction of sp³-hybridized carbons (Fsp3) is 0.700. The third kappa shape index (κ3) is 5.44. The van der Waals surface area contributed by atoms with Gasteiger partial charge in [0.1, 0.15) is 11.9 Å². The molecule has 1 N–H and O–H groups in total. The maximum Gasteiger partial charge on any atom is 0.164 e. The molecular weight excluding hydrogens is 220 g/mol. The first-order valence-electron chi connectivity index (χ1n) is 4.27. The van der Waals surface area contributed by atoms with Crippen LogP contribution in [0.2, 0.25) is 0 Å². The number of aliphatic hydroxyl groups excluding tert-OH is 1. The predicted molar refractivity (Wildman–Crippen MR) is 51.6 cm³/mol. The summed E-state index contributed by atoms with van der Waals surface area (Å²) in [6, 6.07) is 0. The van der Waals surface area contributed by atoms with Crippen molar-refractivity contribution in [1.29, 1.82) is 0 Å². The van der Waals surface area contributed by atoms with Crippen LogP contribution in [0, 0.1) is 5.41 Å². The van der Waals surface area contributed by atoms with Crippen LogP contribution < -0.4 is 0 Å². The SMILES string of the molecule is COC(C)/C(O)=C/C(=O)C(C)(C)C.[Cr]. The van der Waals surface area contributed by atoms with Gasteiger partial charge in [0.15, 0.2) is 5.78 Å². The summed E-state index contributed by atoms with van der Waals surface area (Å²) in [5.74, 6) is -0.128. The Labute approximate surface area is 96.3 Å². The molecule has 0 aromatic heterocycles. The summed E-state index contributed by atoms with van der Waals surface area (Å²) in [4.78, 5) is 11.4. The minimum Gasteiger partial charge on any atom is -0.509 e. The van der Waals surface area contributed by atoms with E-state index in [9.17, 15) is 9.90 Å². The Morgan fingerprint density at radius 1 is 1.43 bits per heavy atom. The number of aliphatic hydroxyl groups is 1. The summed E-state index contributed by atoms with van der Waals surface area (Å²) in [6.07, 6.45) is 0.806. The minimum absolute atomic E-state index is 0. The van der Waals surface area contributed by atoms with Gasteiger partial charge in [0.25, 0.3) is 0 Å². The van der Waals surface area contributed by atoms with Crippen LogP contribution in [-0.2, 0) is 26.9 Å². The van der Waals surface area contributed by atoms with Gasteiger partial charge in [-0.1, -0.05) is 20.8 Å². The van der Waals surface area contributed by atoms with Crippen LogP contribution in [0.4, 0.5) is 0 Å². The number of ketones is 1. The van der Waals surface area contributed by atoms with Crippen molar-refractivity contribution >= 4 is 5.78 Å². The van der Waals surface area contributed by atoms with Crippen molar-refractivity contribution in [2.45, 2.75) is 33.8 Å². The molecule has 82 valence electrons. The van der Waals surface area contributed by atoms with Crippen LogP contribution >= 0.6 is 0 Å². The zero-order valence-electron chi connectivity index (χ0n) is 9.33. The van der Waals surface area contributed by atoms with Crippen LogP contribution in [-0.4, -0.2) is 24.1 Å². The molecule has 0 radical (unpaired) electrons. The number of carbonyl (C=O) groups is 1. The van der Waals surface area contributed by atoms with Crippen molar-refractivity contribution in [3.05, 3.63) is 11.8 Å². The standard InChI is InChI=1S/C10H18O3.Cr/c1-7(13-5)8(11)6-9(12)10(2,3)4;/h6-7,11H,1-5H3;/b8-6-;. The van der Waals surface area contributed by atoms with Crippen LogP contribution in [0.5, 0.6) is 0 Å². The van der Waals surface area contributed by atoms with Crippen molar-refractivity contribution in [3.63, 3.8) is 0 Å². The average Bonchev–Trinajstić information content (AvgIpc) is 2.01. The van der Waals surface area contributed by atoms with Crippen molar-refractivity contribution in [2.75, 3.05) is 7.11 Å². The third-order valence-corrected chi connectivity index (χ3v) is 1.79. The fourth-order valence-corrected chi connectivity index (χ4v) is 0.589. The Bertz CT molecular complexity index is 216. The first-order chi connectivity index (χ1) is 5.79. The average molecular weight is 238 g/mol. The molecule has 0 amide bonds. The van der Waals surface area contributed by atoms with Gasteiger partial charge in [0.05, 0.1) is 0 Å². The molecule has 0 fully saturated rings. The van der Waals surface area contributed by atoms with E-state index < -0.39 is 11.5 Å². The van der Waals surface area contributed by atoms with Gasteiger partial charge in [-0.3, -0.25) is 4.79 Å². The van der Waals surface area contributed by atoms with Crippen LogP contribution in [0.25, 0.3) is 0 Å². The predicted octanol–water partition coefficient (Wildman–Crippen LogP) is 2.08. The molecule has 0 bridgehead atoms. The maximum atomic E-state index is 11.4. The van der Waals surface area contributed by atoms with Gasteiger partial charge in [-0.2, -0.15) is 0 Å². The molecule has 14 heavy (non-hydrogen) atoms. The van der Waals surface area contributed by atoms with E-state index in [1.54, 1.807) is 27.7 Å². The second-order valence-corrected chi connectivity index (χ2v) is 4.06. The van der Waals surface area contributed by atoms with Crippen molar-refractivity contribution in [2.24, 2.45) is 5.41 Å². The monoisotopic (exact) mass is 238 g/mol. The Morgan fingerprint density at radius 3 is 2.14 bits per heavy atom. The van der Waals surface area contributed by atoms with Gasteiger partial charge in [-0.05, 0) is 6.92 Å². The van der Waals surface area contributed by atoms with E-state index in [0.717, 1.165) is 0 Å². The van der Waals surface area contributed by atoms with Gasteiger partial charge in [0, 0.05) is 36.0 Å². The molecule has 0 saturated heterocycles. The molecule has 0 rings (SSSR count). The van der Waals surface area contributed by atoms with Gasteiger partial charge in [-0.15, -0.1) is 0 Å². The van der Waals surface area contributed by atoms with E-state index in [1.807, 2.05) is 0 Å². The summed E-state index contributed by atoms with van der Waals surface area (Å²) in [5.41, 5.74) is -0.457. The summed E-state index contributed by atoms with van der Waals surface area (Å²) >= 11 is 0. The van der Waals surface area contributed by atoms with Crippen molar-refractivity contribution in [1.82, 2.24) is 0 Å². The Morgan fingerprint density at radius 2 is 1.86 bits per heavy atom. The second-order valence-electron chi connectivity index (χ2n) is 4.06. The summed E-state index contributed by atoms with van der Waals surface area (Å²) in [5, 5.41) is 9.37. The molecule has 4 heteroatoms. The molecular formula is C10H18CrO3. The number of hydrogen-bond donors (Lipinski definition) is 1. The molecule has 3 nitrogen and oxygen atoms in total. The van der Waals surface area contributed by atoms with Crippen molar-refractivity contribution in [3.8, 4) is 0 Å². The second kappa shape index (κ2) is 6.24. The Balaban J connectivity index is 0. The van der Waals surface area contributed by atoms with Crippen LogP contribution in [0.15, 0.2) is 11.8 Å². The zero-order valence-corrected chi connectivity index (χ0v) is 10.6. The smallest absolute Gasteiger partial charge is 0.164 e. The maximum absolute atomic E-state index is 11.4. The number of rotatable bonds is 3. The van der Waals surface area contributed by atoms with Gasteiger partial charge < -0.3 is 9.84 Å². The van der Waals surface area contributed by atoms with Crippen molar-refractivity contribution < 1.29 is 32.0 Å². The first kappa shape index (κ1) is 16.1. The molecule has 0 aliphatic rings. The molecule has 1 atom stereocenters. The summed E-state index contributed by atoms with van der Waals surface area (Å²) in [7, 11) is 1.48. The van der Waals surface area contributed by atoms with Gasteiger partial charge >= 0.3 is 0 Å². The number of carbonyl (C=O) groups excluding carboxylic acids is 1. The Kier molecular flexibility index (Phi) is 7.19. The molecule has 0 saturated carbocycles. The molecule has 0 spiro atoms. The number of methoxy groups -OCH3 is 1. The molecule has 1 unspecified atom stereocenters. The first-order valence-corrected chi connectivity index (χ1v) is 4.27. The Hall–Kier alpha value is -0.298. The molecule has 0 aliphatic heterocycles. The quantitative estimate of drug-likeness (QED) is 0.605. The third-order valence-electron chi connectivity index (χ3n) is 1.79. The fourth-order valence-electron chi connectivity index (χ4n) is 0.589. The van der Waals surface area contributed by atoms with Gasteiger partial charge in [0.2, 0.25) is 0 Å². The van der Waals surface area contributed by atoms with E-state index in [-0.39, 0.29) is 28.9 Å². The topological polar surface area (TPSA) is 46.5 Å². The molecule has 0 aromatic carbocycles. The van der Waals surface area contributed by atoms with E-state index >= 15 is 0 Å². The van der Waals surface area contributed by atoms with E-state index in [0.29, 0.717) is 0 Å².